The van der Waals surface area contributed by atoms with Gasteiger partial charge in [-0.25, -0.2) is 4.79 Å². The number of allylic oxidation sites excluding steroid dienone is 1. The largest absolute Gasteiger partial charge is 0.457 e. The van der Waals surface area contributed by atoms with E-state index in [1.165, 1.54) is 22.8 Å². The molecular weight excluding hydrogens is 248 g/mol. The van der Waals surface area contributed by atoms with Crippen molar-refractivity contribution in [1.29, 1.82) is 0 Å². The van der Waals surface area contributed by atoms with Crippen molar-refractivity contribution in [3.8, 4) is 0 Å². The van der Waals surface area contributed by atoms with Gasteiger partial charge in [0.05, 0.1) is 0 Å². The van der Waals surface area contributed by atoms with Crippen LogP contribution in [0, 0.1) is 6.92 Å². The van der Waals surface area contributed by atoms with E-state index in [9.17, 15) is 4.79 Å². The van der Waals surface area contributed by atoms with Crippen LogP contribution in [0.5, 0.6) is 0 Å². The molecule has 0 unspecified atom stereocenters. The number of esters is 1. The summed E-state index contributed by atoms with van der Waals surface area (Å²) in [4.78, 5) is 11.6. The third-order valence-electron chi connectivity index (χ3n) is 2.88. The van der Waals surface area contributed by atoms with Gasteiger partial charge in [0.2, 0.25) is 0 Å². The van der Waals surface area contributed by atoms with E-state index >= 15 is 0 Å². The lowest BCUT2D eigenvalue weighted by Crippen LogP contribution is -2.22. The molecule has 0 bridgehead atoms. The van der Waals surface area contributed by atoms with Crippen molar-refractivity contribution in [2.75, 3.05) is 0 Å². The molecule has 0 heterocycles. The summed E-state index contributed by atoms with van der Waals surface area (Å²) < 4.78 is 5.25. The highest BCUT2D eigenvalue weighted by Crippen LogP contribution is 2.15. The smallest absolute Gasteiger partial charge is 0.330 e. The highest BCUT2D eigenvalue weighted by Gasteiger charge is 2.13. The maximum Gasteiger partial charge on any atom is 0.330 e. The van der Waals surface area contributed by atoms with Gasteiger partial charge in [-0.05, 0) is 51.7 Å². The van der Waals surface area contributed by atoms with Gasteiger partial charge < -0.3 is 4.74 Å². The van der Waals surface area contributed by atoms with Crippen molar-refractivity contribution >= 4 is 5.97 Å². The van der Waals surface area contributed by atoms with E-state index in [1.807, 2.05) is 26.8 Å². The van der Waals surface area contributed by atoms with E-state index in [0.717, 1.165) is 19.3 Å². The van der Waals surface area contributed by atoms with Crippen LogP contribution < -0.4 is 0 Å². The fourth-order valence-electron chi connectivity index (χ4n) is 2.08. The second-order valence-electron chi connectivity index (χ2n) is 6.16. The minimum Gasteiger partial charge on any atom is -0.457 e. The zero-order chi connectivity index (χ0) is 15.2. The first-order valence-electron chi connectivity index (χ1n) is 7.29. The van der Waals surface area contributed by atoms with Gasteiger partial charge in [-0.3, -0.25) is 0 Å². The van der Waals surface area contributed by atoms with E-state index in [4.69, 9.17) is 4.74 Å². The van der Waals surface area contributed by atoms with E-state index < -0.39 is 5.60 Å². The Bertz CT molecular complexity index is 479. The Morgan fingerprint density at radius 3 is 2.55 bits per heavy atom. The number of hydrogen-bond donors (Lipinski definition) is 0. The van der Waals surface area contributed by atoms with E-state index in [1.54, 1.807) is 0 Å². The summed E-state index contributed by atoms with van der Waals surface area (Å²) in [6, 6.07) is 6.53. The number of carbonyl (C=O) groups is 1. The molecule has 20 heavy (non-hydrogen) atoms. The lowest BCUT2D eigenvalue weighted by Gasteiger charge is -2.17. The molecule has 0 fully saturated rings. The van der Waals surface area contributed by atoms with Crippen LogP contribution in [-0.4, -0.2) is 11.6 Å². The summed E-state index contributed by atoms with van der Waals surface area (Å²) in [7, 11) is 0. The molecule has 1 aromatic rings. The Hall–Kier alpha value is -1.57. The van der Waals surface area contributed by atoms with Crippen LogP contribution in [0.4, 0.5) is 0 Å². The molecule has 0 N–H and O–H groups in total. The van der Waals surface area contributed by atoms with Crippen LogP contribution in [0.1, 0.15) is 50.8 Å². The van der Waals surface area contributed by atoms with E-state index in [-0.39, 0.29) is 5.97 Å². The lowest BCUT2D eigenvalue weighted by atomic mass is 9.98. The molecule has 0 saturated carbocycles. The van der Waals surface area contributed by atoms with Gasteiger partial charge in [0.1, 0.15) is 5.60 Å². The Morgan fingerprint density at radius 1 is 1.25 bits per heavy atom. The second-order valence-corrected chi connectivity index (χ2v) is 6.16. The molecule has 0 amide bonds. The summed E-state index contributed by atoms with van der Waals surface area (Å²) in [5, 5.41) is 0. The minimum atomic E-state index is -0.432. The third-order valence-corrected chi connectivity index (χ3v) is 2.88. The first kappa shape index (κ1) is 16.5. The normalized spacial score (nSPS) is 11.8. The van der Waals surface area contributed by atoms with Crippen molar-refractivity contribution in [3.63, 3.8) is 0 Å². The van der Waals surface area contributed by atoms with Crippen LogP contribution >= 0.6 is 0 Å². The van der Waals surface area contributed by atoms with E-state index in [0.29, 0.717) is 0 Å². The molecule has 2 nitrogen and oxygen atoms in total. The fraction of sp³-hybridized carbons (Fsp3) is 0.500. The summed E-state index contributed by atoms with van der Waals surface area (Å²) in [6.45, 7) is 9.90. The molecule has 0 aromatic heterocycles. The molecule has 0 saturated heterocycles. The Kier molecular flexibility index (Phi) is 6.00. The third kappa shape index (κ3) is 6.05. The van der Waals surface area contributed by atoms with Gasteiger partial charge in [-0.1, -0.05) is 43.2 Å². The zero-order valence-electron chi connectivity index (χ0n) is 13.3. The Morgan fingerprint density at radius 2 is 1.95 bits per heavy atom. The molecular formula is C18H26O2. The van der Waals surface area contributed by atoms with Crippen molar-refractivity contribution in [1.82, 2.24) is 0 Å². The summed E-state index contributed by atoms with van der Waals surface area (Å²) in [5.74, 6) is -0.276. The van der Waals surface area contributed by atoms with Gasteiger partial charge >= 0.3 is 5.97 Å². The SMILES string of the molecule is CCCc1ccc(C)cc1C/C=C\C(=O)OC(C)(C)C. The second kappa shape index (κ2) is 7.28. The number of ether oxygens (including phenoxy) is 1. The number of benzene rings is 1. The molecule has 0 radical (unpaired) electrons. The molecule has 0 aliphatic heterocycles. The number of rotatable bonds is 5. The van der Waals surface area contributed by atoms with Gasteiger partial charge in [0, 0.05) is 6.08 Å². The standard InChI is InChI=1S/C18H26O2/c1-6-8-15-12-11-14(2)13-16(15)9-7-10-17(19)20-18(3,4)5/h7,10-13H,6,8-9H2,1-5H3/b10-7-. The van der Waals surface area contributed by atoms with Crippen LogP contribution in [-0.2, 0) is 22.4 Å². The predicted molar refractivity (Wildman–Crippen MR) is 83.9 cm³/mol. The molecule has 1 rings (SSSR count). The summed E-state index contributed by atoms with van der Waals surface area (Å²) in [6.07, 6.45) is 6.41. The maximum absolute atomic E-state index is 11.6. The highest BCUT2D eigenvalue weighted by atomic mass is 16.6. The molecule has 110 valence electrons. The van der Waals surface area contributed by atoms with Crippen LogP contribution in [0.15, 0.2) is 30.4 Å². The van der Waals surface area contributed by atoms with Gasteiger partial charge in [0.15, 0.2) is 0 Å². The van der Waals surface area contributed by atoms with Gasteiger partial charge in [-0.2, -0.15) is 0 Å². The summed E-state index contributed by atoms with van der Waals surface area (Å²) >= 11 is 0. The Labute approximate surface area is 122 Å². The maximum atomic E-state index is 11.6. The monoisotopic (exact) mass is 274 g/mol. The van der Waals surface area contributed by atoms with E-state index in [2.05, 4.69) is 32.0 Å². The van der Waals surface area contributed by atoms with Gasteiger partial charge in [0.25, 0.3) is 0 Å². The van der Waals surface area contributed by atoms with Crippen molar-refractivity contribution in [2.24, 2.45) is 0 Å². The molecule has 0 aliphatic rings. The van der Waals surface area contributed by atoms with Crippen LogP contribution in [0.25, 0.3) is 0 Å². The van der Waals surface area contributed by atoms with Gasteiger partial charge in [-0.15, -0.1) is 0 Å². The fourth-order valence-corrected chi connectivity index (χ4v) is 2.08. The average Bonchev–Trinajstić information content (AvgIpc) is 2.30. The van der Waals surface area contributed by atoms with Crippen LogP contribution in [0.2, 0.25) is 0 Å². The van der Waals surface area contributed by atoms with Crippen molar-refractivity contribution < 1.29 is 9.53 Å². The molecule has 0 aliphatic carbocycles. The molecule has 0 spiro atoms. The number of aryl methyl sites for hydroxylation is 2. The topological polar surface area (TPSA) is 26.3 Å². The first-order valence-corrected chi connectivity index (χ1v) is 7.29. The Balaban J connectivity index is 2.69. The first-order chi connectivity index (χ1) is 9.31. The molecule has 0 atom stereocenters. The number of carbonyl (C=O) groups excluding carboxylic acids is 1. The number of hydrogen-bond acceptors (Lipinski definition) is 2. The predicted octanol–water partition coefficient (Wildman–Crippen LogP) is 4.39. The van der Waals surface area contributed by atoms with Crippen LogP contribution in [0.3, 0.4) is 0 Å². The quantitative estimate of drug-likeness (QED) is 0.588. The van der Waals surface area contributed by atoms with Crippen molar-refractivity contribution in [3.05, 3.63) is 47.0 Å². The lowest BCUT2D eigenvalue weighted by molar-refractivity contribution is -0.148. The van der Waals surface area contributed by atoms with Crippen molar-refractivity contribution in [2.45, 2.75) is 59.5 Å². The summed E-state index contributed by atoms with van der Waals surface area (Å²) in [5.41, 5.74) is 3.49. The highest BCUT2D eigenvalue weighted by molar-refractivity contribution is 5.82. The minimum absolute atomic E-state index is 0.276. The average molecular weight is 274 g/mol. The molecule has 1 aromatic carbocycles. The zero-order valence-corrected chi connectivity index (χ0v) is 13.3. The molecule has 2 heteroatoms.